The van der Waals surface area contributed by atoms with Crippen molar-refractivity contribution >= 4 is 23.3 Å². The molecule has 0 aliphatic heterocycles. The Balaban J connectivity index is 1.68. The van der Waals surface area contributed by atoms with Crippen molar-refractivity contribution in [2.45, 2.75) is 12.6 Å². The molecular formula is C24H17ClF4N4O. The highest BCUT2D eigenvalue weighted by atomic mass is 35.5. The number of halogens is 5. The van der Waals surface area contributed by atoms with E-state index in [0.717, 1.165) is 12.1 Å². The Bertz CT molecular complexity index is 1340. The highest BCUT2D eigenvalue weighted by Crippen LogP contribution is 2.37. The maximum atomic E-state index is 13.4. The first-order chi connectivity index (χ1) is 16.1. The number of hydrogen-bond donors (Lipinski definition) is 1. The predicted molar refractivity (Wildman–Crippen MR) is 121 cm³/mol. The van der Waals surface area contributed by atoms with E-state index in [2.05, 4.69) is 15.4 Å². The third-order valence-corrected chi connectivity index (χ3v) is 5.47. The van der Waals surface area contributed by atoms with Gasteiger partial charge in [0.25, 0.3) is 0 Å². The summed E-state index contributed by atoms with van der Waals surface area (Å²) < 4.78 is 53.6. The molecule has 2 aromatic carbocycles. The monoisotopic (exact) mass is 488 g/mol. The molecule has 5 nitrogen and oxygen atoms in total. The number of rotatable bonds is 5. The molecule has 34 heavy (non-hydrogen) atoms. The molecule has 174 valence electrons. The average molecular weight is 489 g/mol. The van der Waals surface area contributed by atoms with Gasteiger partial charge in [-0.3, -0.25) is 14.5 Å². The van der Waals surface area contributed by atoms with E-state index in [1.54, 1.807) is 43.7 Å². The number of alkyl halides is 3. The van der Waals surface area contributed by atoms with Crippen LogP contribution in [0, 0.1) is 5.82 Å². The smallest absolute Gasteiger partial charge is 0.310 e. The summed E-state index contributed by atoms with van der Waals surface area (Å²) in [7, 11) is 1.64. The Hall–Kier alpha value is -3.72. The van der Waals surface area contributed by atoms with Crippen molar-refractivity contribution in [3.05, 3.63) is 89.0 Å². The Morgan fingerprint density at radius 2 is 1.71 bits per heavy atom. The fourth-order valence-corrected chi connectivity index (χ4v) is 3.73. The van der Waals surface area contributed by atoms with Gasteiger partial charge in [0, 0.05) is 30.0 Å². The lowest BCUT2D eigenvalue weighted by Gasteiger charge is -2.12. The molecular weight excluding hydrogens is 472 g/mol. The number of nitrogens with one attached hydrogen (secondary N) is 1. The van der Waals surface area contributed by atoms with Crippen molar-refractivity contribution in [2.75, 3.05) is 5.32 Å². The van der Waals surface area contributed by atoms with Crippen LogP contribution in [-0.2, 0) is 24.4 Å². The zero-order valence-corrected chi connectivity index (χ0v) is 18.5. The highest BCUT2D eigenvalue weighted by molar-refractivity contribution is 6.31. The number of carbonyl (C=O) groups excluding carboxylic acids is 1. The van der Waals surface area contributed by atoms with Crippen LogP contribution in [0.2, 0.25) is 5.02 Å². The molecule has 1 amide bonds. The van der Waals surface area contributed by atoms with Crippen LogP contribution < -0.4 is 5.32 Å². The van der Waals surface area contributed by atoms with Gasteiger partial charge < -0.3 is 5.32 Å². The first-order valence-corrected chi connectivity index (χ1v) is 10.4. The summed E-state index contributed by atoms with van der Waals surface area (Å²) in [5, 5.41) is 7.14. The fraction of sp³-hybridized carbons (Fsp3) is 0.125. The number of benzene rings is 2. The summed E-state index contributed by atoms with van der Waals surface area (Å²) in [6, 6.07) is 12.1. The Labute approximate surface area is 197 Å². The molecule has 0 bridgehead atoms. The van der Waals surface area contributed by atoms with Crippen LogP contribution in [-0.4, -0.2) is 20.7 Å². The van der Waals surface area contributed by atoms with Gasteiger partial charge in [0.05, 0.1) is 17.5 Å². The zero-order valence-electron chi connectivity index (χ0n) is 17.7. The third-order valence-electron chi connectivity index (χ3n) is 5.12. The van der Waals surface area contributed by atoms with E-state index in [-0.39, 0.29) is 17.0 Å². The van der Waals surface area contributed by atoms with E-state index in [1.807, 2.05) is 0 Å². The van der Waals surface area contributed by atoms with Gasteiger partial charge in [-0.25, -0.2) is 4.39 Å². The van der Waals surface area contributed by atoms with Crippen LogP contribution in [0.25, 0.3) is 22.4 Å². The Morgan fingerprint density at radius 1 is 1.03 bits per heavy atom. The normalized spacial score (nSPS) is 11.5. The zero-order chi connectivity index (χ0) is 24.5. The van der Waals surface area contributed by atoms with Crippen LogP contribution in [0.4, 0.5) is 23.4 Å². The second-order valence-corrected chi connectivity index (χ2v) is 7.87. The van der Waals surface area contributed by atoms with E-state index in [0.29, 0.717) is 28.2 Å². The van der Waals surface area contributed by atoms with Gasteiger partial charge in [-0.2, -0.15) is 18.3 Å². The van der Waals surface area contributed by atoms with Gasteiger partial charge in [-0.05, 0) is 59.7 Å². The molecule has 2 aromatic heterocycles. The van der Waals surface area contributed by atoms with E-state index in [4.69, 9.17) is 11.6 Å². The summed E-state index contributed by atoms with van der Waals surface area (Å²) >= 11 is 6.00. The second-order valence-electron chi connectivity index (χ2n) is 7.47. The predicted octanol–water partition coefficient (Wildman–Crippen LogP) is 6.14. The summed E-state index contributed by atoms with van der Waals surface area (Å²) in [5.74, 6) is -0.531. The van der Waals surface area contributed by atoms with Crippen molar-refractivity contribution in [3.8, 4) is 22.4 Å². The lowest BCUT2D eigenvalue weighted by atomic mass is 10.0. The topological polar surface area (TPSA) is 59.8 Å². The number of anilines is 1. The maximum Gasteiger partial charge on any atom is 0.416 e. The second kappa shape index (κ2) is 9.26. The van der Waals surface area contributed by atoms with Crippen molar-refractivity contribution in [3.63, 3.8) is 0 Å². The van der Waals surface area contributed by atoms with Crippen LogP contribution in [0.15, 0.2) is 67.0 Å². The number of nitrogens with zero attached hydrogens (tertiary/aromatic N) is 3. The molecule has 0 saturated carbocycles. The quantitative estimate of drug-likeness (QED) is 0.343. The summed E-state index contributed by atoms with van der Waals surface area (Å²) in [4.78, 5) is 16.9. The summed E-state index contributed by atoms with van der Waals surface area (Å²) in [6.45, 7) is 0. The van der Waals surface area contributed by atoms with Gasteiger partial charge in [0.15, 0.2) is 0 Å². The van der Waals surface area contributed by atoms with E-state index >= 15 is 0 Å². The molecule has 0 aliphatic rings. The SMILES string of the molecule is Cn1nc(-c2ccc(F)cc2)c(-c2ccncc2)c1NC(=O)Cc1ccc(C(F)(F)F)cc1Cl. The lowest BCUT2D eigenvalue weighted by Crippen LogP contribution is -2.17. The molecule has 0 fully saturated rings. The number of carbonyl (C=O) groups is 1. The lowest BCUT2D eigenvalue weighted by molar-refractivity contribution is -0.137. The van der Waals surface area contributed by atoms with Crippen molar-refractivity contribution in [1.29, 1.82) is 0 Å². The number of aromatic nitrogens is 3. The largest absolute Gasteiger partial charge is 0.416 e. The van der Waals surface area contributed by atoms with Crippen molar-refractivity contribution in [1.82, 2.24) is 14.8 Å². The molecule has 0 saturated heterocycles. The van der Waals surface area contributed by atoms with Gasteiger partial charge >= 0.3 is 6.18 Å². The number of pyridine rings is 1. The first-order valence-electron chi connectivity index (χ1n) is 10.0. The molecule has 2 heterocycles. The minimum Gasteiger partial charge on any atom is -0.310 e. The van der Waals surface area contributed by atoms with Gasteiger partial charge in [-0.15, -0.1) is 0 Å². The Morgan fingerprint density at radius 3 is 2.32 bits per heavy atom. The Kier molecular flexibility index (Phi) is 6.39. The van der Waals surface area contributed by atoms with E-state index in [9.17, 15) is 22.4 Å². The van der Waals surface area contributed by atoms with Crippen LogP contribution in [0.3, 0.4) is 0 Å². The van der Waals surface area contributed by atoms with Gasteiger partial charge in [0.2, 0.25) is 5.91 Å². The molecule has 10 heteroatoms. The molecule has 0 aliphatic carbocycles. The average Bonchev–Trinajstić information content (AvgIpc) is 3.11. The fourth-order valence-electron chi connectivity index (χ4n) is 3.49. The molecule has 4 aromatic rings. The molecule has 1 N–H and O–H groups in total. The minimum absolute atomic E-state index is 0.156. The third kappa shape index (κ3) is 4.94. The minimum atomic E-state index is -4.53. The van der Waals surface area contributed by atoms with E-state index < -0.39 is 23.5 Å². The van der Waals surface area contributed by atoms with Gasteiger partial charge in [0.1, 0.15) is 17.3 Å². The highest BCUT2D eigenvalue weighted by Gasteiger charge is 2.31. The summed E-state index contributed by atoms with van der Waals surface area (Å²) in [6.07, 6.45) is -1.60. The molecule has 4 rings (SSSR count). The van der Waals surface area contributed by atoms with E-state index in [1.165, 1.54) is 22.9 Å². The standard InChI is InChI=1S/C24H17ClF4N4O/c1-33-23(31-20(34)12-16-2-5-17(13-19(16)25)24(27,28)29)21(14-8-10-30-11-9-14)22(32-33)15-3-6-18(26)7-4-15/h2-11,13H,12H2,1H3,(H,31,34). The number of aryl methyl sites for hydroxylation is 1. The van der Waals surface area contributed by atoms with Gasteiger partial charge in [-0.1, -0.05) is 17.7 Å². The number of amides is 1. The molecule has 0 atom stereocenters. The summed E-state index contributed by atoms with van der Waals surface area (Å²) in [5.41, 5.74) is 1.80. The molecule has 0 unspecified atom stereocenters. The number of hydrogen-bond acceptors (Lipinski definition) is 3. The van der Waals surface area contributed by atoms with Crippen molar-refractivity contribution < 1.29 is 22.4 Å². The maximum absolute atomic E-state index is 13.4. The molecule has 0 radical (unpaired) electrons. The van der Waals surface area contributed by atoms with Crippen LogP contribution in [0.5, 0.6) is 0 Å². The van der Waals surface area contributed by atoms with Crippen molar-refractivity contribution in [2.24, 2.45) is 7.05 Å². The first kappa shape index (κ1) is 23.4. The van der Waals surface area contributed by atoms with Crippen LogP contribution >= 0.6 is 11.6 Å². The van der Waals surface area contributed by atoms with Crippen LogP contribution in [0.1, 0.15) is 11.1 Å². The molecule has 0 spiro atoms.